The Morgan fingerprint density at radius 1 is 0.636 bits per heavy atom. The molecule has 33 heavy (non-hydrogen) atoms. The predicted molar refractivity (Wildman–Crippen MR) is 124 cm³/mol. The van der Waals surface area contributed by atoms with Crippen LogP contribution in [0.3, 0.4) is 0 Å². The number of nitrogens with zero attached hydrogens (tertiary/aromatic N) is 3. The first-order chi connectivity index (χ1) is 15.9. The minimum atomic E-state index is -1.29. The normalized spacial score (nSPS) is 11.2. The smallest absolute Gasteiger partial charge is 0.346 e. The van der Waals surface area contributed by atoms with Gasteiger partial charge >= 0.3 is 11.9 Å². The van der Waals surface area contributed by atoms with Crippen LogP contribution < -0.4 is 4.90 Å². The summed E-state index contributed by atoms with van der Waals surface area (Å²) in [6, 6.07) is 27.0. The van der Waals surface area contributed by atoms with Gasteiger partial charge in [-0.2, -0.15) is 10.5 Å². The molecule has 2 N–H and O–H groups in total. The molecule has 160 valence electrons. The standard InChI is InChI=1S/C26H17N3O4/c27-16-20(25(30)31)14-18-6-10-23(11-7-18)29(22-4-2-1-3-5-22)24-12-8-19(9-13-24)15-21(17-28)26(32)33/h1-15H,(H,30,31)(H,32,33)/b20-14-,21-15-. The van der Waals surface area contributed by atoms with Crippen LogP contribution in [0.1, 0.15) is 11.1 Å². The van der Waals surface area contributed by atoms with E-state index in [1.165, 1.54) is 12.2 Å². The van der Waals surface area contributed by atoms with Crippen LogP contribution in [0.5, 0.6) is 0 Å². The van der Waals surface area contributed by atoms with Gasteiger partial charge in [0.1, 0.15) is 23.3 Å². The lowest BCUT2D eigenvalue weighted by Gasteiger charge is -2.25. The molecule has 0 bridgehead atoms. The summed E-state index contributed by atoms with van der Waals surface area (Å²) in [4.78, 5) is 24.1. The molecular formula is C26H17N3O4. The molecule has 0 aromatic heterocycles. The van der Waals surface area contributed by atoms with Gasteiger partial charge in [0.2, 0.25) is 0 Å². The van der Waals surface area contributed by atoms with Crippen LogP contribution in [-0.2, 0) is 9.59 Å². The van der Waals surface area contributed by atoms with Crippen LogP contribution in [0.2, 0.25) is 0 Å². The van der Waals surface area contributed by atoms with Gasteiger partial charge in [0.05, 0.1) is 0 Å². The van der Waals surface area contributed by atoms with E-state index in [0.717, 1.165) is 17.1 Å². The summed E-state index contributed by atoms with van der Waals surface area (Å²) in [6.45, 7) is 0. The molecule has 0 amide bonds. The fourth-order valence-electron chi connectivity index (χ4n) is 3.08. The van der Waals surface area contributed by atoms with Crippen LogP contribution in [0.25, 0.3) is 12.2 Å². The zero-order valence-electron chi connectivity index (χ0n) is 17.2. The Morgan fingerprint density at radius 2 is 1.00 bits per heavy atom. The van der Waals surface area contributed by atoms with E-state index in [2.05, 4.69) is 0 Å². The predicted octanol–water partition coefficient (Wildman–Crippen LogP) is 5.14. The van der Waals surface area contributed by atoms with Gasteiger partial charge in [0.15, 0.2) is 0 Å². The third-order valence-corrected chi connectivity index (χ3v) is 4.64. The van der Waals surface area contributed by atoms with Crippen molar-refractivity contribution in [3.8, 4) is 12.1 Å². The topological polar surface area (TPSA) is 125 Å². The zero-order valence-corrected chi connectivity index (χ0v) is 17.2. The van der Waals surface area contributed by atoms with Crippen molar-refractivity contribution in [2.75, 3.05) is 4.90 Å². The van der Waals surface area contributed by atoms with Crippen LogP contribution in [0, 0.1) is 22.7 Å². The molecule has 0 aliphatic carbocycles. The third kappa shape index (κ3) is 5.52. The second-order valence-corrected chi connectivity index (χ2v) is 6.80. The molecule has 3 aromatic rings. The summed E-state index contributed by atoms with van der Waals surface area (Å²) in [7, 11) is 0. The van der Waals surface area contributed by atoms with Crippen LogP contribution >= 0.6 is 0 Å². The number of anilines is 3. The Bertz CT molecular complexity index is 1230. The molecular weight excluding hydrogens is 418 g/mol. The van der Waals surface area contributed by atoms with Gasteiger partial charge in [-0.3, -0.25) is 0 Å². The number of aliphatic carboxylic acids is 2. The molecule has 0 aliphatic heterocycles. The van der Waals surface area contributed by atoms with Crippen molar-refractivity contribution >= 4 is 41.2 Å². The van der Waals surface area contributed by atoms with Crippen LogP contribution in [-0.4, -0.2) is 22.2 Å². The Kier molecular flexibility index (Phi) is 7.00. The molecule has 0 saturated heterocycles. The maximum absolute atomic E-state index is 11.1. The molecule has 0 saturated carbocycles. The van der Waals surface area contributed by atoms with Crippen LogP contribution in [0.4, 0.5) is 17.1 Å². The molecule has 0 unspecified atom stereocenters. The molecule has 0 spiro atoms. The van der Waals surface area contributed by atoms with Crippen molar-refractivity contribution in [2.45, 2.75) is 0 Å². The van der Waals surface area contributed by atoms with Gasteiger partial charge in [-0.25, -0.2) is 9.59 Å². The van der Waals surface area contributed by atoms with Gasteiger partial charge < -0.3 is 15.1 Å². The van der Waals surface area contributed by atoms with Gasteiger partial charge in [0.25, 0.3) is 0 Å². The largest absolute Gasteiger partial charge is 0.477 e. The van der Waals surface area contributed by atoms with Crippen molar-refractivity contribution in [1.29, 1.82) is 10.5 Å². The Hall–Kier alpha value is -5.14. The Labute approximate surface area is 190 Å². The summed E-state index contributed by atoms with van der Waals surface area (Å²) in [5.41, 5.74) is 2.88. The van der Waals surface area contributed by atoms with Crippen molar-refractivity contribution < 1.29 is 19.8 Å². The minimum Gasteiger partial charge on any atom is -0.477 e. The van der Waals surface area contributed by atoms with Crippen molar-refractivity contribution in [3.05, 3.63) is 101 Å². The van der Waals surface area contributed by atoms with E-state index in [-0.39, 0.29) is 11.1 Å². The lowest BCUT2D eigenvalue weighted by Crippen LogP contribution is -2.09. The van der Waals surface area contributed by atoms with E-state index >= 15 is 0 Å². The van der Waals surface area contributed by atoms with E-state index in [1.807, 2.05) is 59.5 Å². The maximum Gasteiger partial charge on any atom is 0.346 e. The molecule has 0 fully saturated rings. The highest BCUT2D eigenvalue weighted by molar-refractivity contribution is 5.97. The monoisotopic (exact) mass is 435 g/mol. The van der Waals surface area contributed by atoms with Gasteiger partial charge in [-0.1, -0.05) is 42.5 Å². The van der Waals surface area contributed by atoms with Gasteiger partial charge in [0, 0.05) is 17.1 Å². The van der Waals surface area contributed by atoms with E-state index in [4.69, 9.17) is 20.7 Å². The van der Waals surface area contributed by atoms with E-state index < -0.39 is 11.9 Å². The maximum atomic E-state index is 11.1. The number of rotatable bonds is 7. The second kappa shape index (κ2) is 10.3. The fourth-order valence-corrected chi connectivity index (χ4v) is 3.08. The second-order valence-electron chi connectivity index (χ2n) is 6.80. The summed E-state index contributed by atoms with van der Waals surface area (Å²) in [5, 5.41) is 36.0. The van der Waals surface area contributed by atoms with Crippen molar-refractivity contribution in [3.63, 3.8) is 0 Å². The van der Waals surface area contributed by atoms with Crippen LogP contribution in [0.15, 0.2) is 90.0 Å². The number of hydrogen-bond acceptors (Lipinski definition) is 5. The summed E-state index contributed by atoms with van der Waals surface area (Å²) >= 11 is 0. The number of para-hydroxylation sites is 1. The highest BCUT2D eigenvalue weighted by Crippen LogP contribution is 2.34. The first kappa shape index (κ1) is 22.5. The van der Waals surface area contributed by atoms with Crippen molar-refractivity contribution in [2.24, 2.45) is 0 Å². The Balaban J connectivity index is 2.01. The highest BCUT2D eigenvalue weighted by atomic mass is 16.4. The SMILES string of the molecule is N#C/C(=C/c1ccc(N(c2ccccc2)c2ccc(/C=C(/C#N)C(=O)O)cc2)cc1)C(=O)O. The number of carboxylic acid groups (broad SMARTS) is 2. The number of hydrogen-bond donors (Lipinski definition) is 2. The van der Waals surface area contributed by atoms with E-state index in [1.54, 1.807) is 36.4 Å². The van der Waals surface area contributed by atoms with E-state index in [9.17, 15) is 9.59 Å². The summed E-state index contributed by atoms with van der Waals surface area (Å²) in [5.74, 6) is -2.58. The molecule has 7 nitrogen and oxygen atoms in total. The molecule has 7 heteroatoms. The molecule has 3 aromatic carbocycles. The zero-order chi connectivity index (χ0) is 23.8. The fraction of sp³-hybridized carbons (Fsp3) is 0. The van der Waals surface area contributed by atoms with E-state index in [0.29, 0.717) is 11.1 Å². The van der Waals surface area contributed by atoms with Gasteiger partial charge in [-0.15, -0.1) is 0 Å². The average Bonchev–Trinajstić information content (AvgIpc) is 2.83. The lowest BCUT2D eigenvalue weighted by molar-refractivity contribution is -0.133. The number of carboxylic acids is 2. The molecule has 0 radical (unpaired) electrons. The highest BCUT2D eigenvalue weighted by Gasteiger charge is 2.13. The van der Waals surface area contributed by atoms with Crippen molar-refractivity contribution in [1.82, 2.24) is 0 Å². The summed E-state index contributed by atoms with van der Waals surface area (Å²) < 4.78 is 0. The average molecular weight is 435 g/mol. The quantitative estimate of drug-likeness (QED) is 0.389. The Morgan fingerprint density at radius 3 is 1.33 bits per heavy atom. The van der Waals surface area contributed by atoms with Gasteiger partial charge in [-0.05, 0) is 59.7 Å². The number of carbonyl (C=O) groups is 2. The minimum absolute atomic E-state index is 0.357. The molecule has 0 heterocycles. The molecule has 0 aliphatic rings. The summed E-state index contributed by atoms with van der Waals surface area (Å²) in [6.07, 6.45) is 2.60. The molecule has 0 atom stereocenters. The lowest BCUT2D eigenvalue weighted by atomic mass is 10.1. The first-order valence-corrected chi connectivity index (χ1v) is 9.68. The third-order valence-electron chi connectivity index (χ3n) is 4.64. The number of nitriles is 2. The molecule has 3 rings (SSSR count). The first-order valence-electron chi connectivity index (χ1n) is 9.68. The number of benzene rings is 3.